The first-order valence-corrected chi connectivity index (χ1v) is 19.0. The predicted molar refractivity (Wildman–Crippen MR) is 203 cm³/mol. The third-order valence-electron chi connectivity index (χ3n) is 9.07. The summed E-state index contributed by atoms with van der Waals surface area (Å²) in [5, 5.41) is 60.5. The number of carboxylic acids is 3. The van der Waals surface area contributed by atoms with Crippen molar-refractivity contribution in [2.24, 2.45) is 23.3 Å². The summed E-state index contributed by atoms with van der Waals surface area (Å²) in [6, 6.07) is -12.4. The highest BCUT2D eigenvalue weighted by Gasteiger charge is 2.40. The minimum atomic E-state index is -1.85. The van der Waals surface area contributed by atoms with E-state index in [2.05, 4.69) is 26.6 Å². The van der Waals surface area contributed by atoms with Crippen LogP contribution < -0.4 is 43.4 Å². The number of carbonyl (C=O) groups excluding carboxylic acids is 8. The molecule has 25 nitrogen and oxygen atoms in total. The fourth-order valence-electron chi connectivity index (χ4n) is 5.94. The number of nitrogens with two attached hydrogens (primary N) is 2. The molecule has 60 heavy (non-hydrogen) atoms. The van der Waals surface area contributed by atoms with Gasteiger partial charge < -0.3 is 73.8 Å². The number of aliphatic hydroxyl groups is 2. The molecule has 1 fully saturated rings. The number of hydrogen-bond donors (Lipinski definition) is 13. The first kappa shape index (κ1) is 52.1. The van der Waals surface area contributed by atoms with Crippen LogP contribution >= 0.6 is 0 Å². The number of nitrogens with one attached hydrogen (secondary N) is 6. The van der Waals surface area contributed by atoms with Crippen LogP contribution in [0.1, 0.15) is 72.6 Å². The minimum absolute atomic E-state index is 0.0368. The van der Waals surface area contributed by atoms with E-state index in [1.807, 2.05) is 5.32 Å². The van der Waals surface area contributed by atoms with E-state index in [4.69, 9.17) is 21.7 Å². The maximum Gasteiger partial charge on any atom is 0.326 e. The summed E-state index contributed by atoms with van der Waals surface area (Å²) in [5.74, 6) is -13.6. The van der Waals surface area contributed by atoms with Gasteiger partial charge in [-0.2, -0.15) is 0 Å². The van der Waals surface area contributed by atoms with Gasteiger partial charge in [0.2, 0.25) is 47.3 Å². The largest absolute Gasteiger partial charge is 0.481 e. The van der Waals surface area contributed by atoms with E-state index in [-0.39, 0.29) is 31.7 Å². The molecule has 25 heteroatoms. The summed E-state index contributed by atoms with van der Waals surface area (Å²) >= 11 is 0. The number of likely N-dealkylation sites (tertiary alicyclic amines) is 1. The Morgan fingerprint density at radius 1 is 0.650 bits per heavy atom. The van der Waals surface area contributed by atoms with Crippen LogP contribution in [-0.2, 0) is 52.7 Å². The SMILES string of the molecule is CC(C)C[C@H](NC(=O)[C@@H]1CCCN1C(=O)[C@H](CO)NC(=O)[C@H](CC(N)=O)NC(=O)[C@@H](N)CO)C(=O)N[C@@H](CCC(=O)O)C(=O)N[C@H](C(=O)N[C@@H](CC(=O)O)C(=O)O)C(C)C. The molecule has 1 aliphatic heterocycles. The number of amides is 8. The predicted octanol–water partition coefficient (Wildman–Crippen LogP) is -5.80. The van der Waals surface area contributed by atoms with E-state index >= 15 is 0 Å². The van der Waals surface area contributed by atoms with Crippen molar-refractivity contribution < 1.29 is 78.3 Å². The van der Waals surface area contributed by atoms with Crippen molar-refractivity contribution in [1.82, 2.24) is 36.8 Å². The number of aliphatic carboxylic acids is 3. The molecule has 0 aromatic heterocycles. The van der Waals surface area contributed by atoms with E-state index < -0.39 is 158 Å². The second kappa shape index (κ2) is 24.9. The molecule has 0 aliphatic carbocycles. The molecule has 1 aliphatic rings. The van der Waals surface area contributed by atoms with Crippen molar-refractivity contribution in [2.45, 2.75) is 121 Å². The zero-order chi connectivity index (χ0) is 46.0. The van der Waals surface area contributed by atoms with Gasteiger partial charge >= 0.3 is 17.9 Å². The highest BCUT2D eigenvalue weighted by atomic mass is 16.4. The first-order chi connectivity index (χ1) is 27.9. The van der Waals surface area contributed by atoms with Crippen LogP contribution in [0.15, 0.2) is 0 Å². The number of rotatable bonds is 26. The van der Waals surface area contributed by atoms with E-state index in [0.29, 0.717) is 0 Å². The topological polar surface area (TPSA) is 416 Å². The third-order valence-corrected chi connectivity index (χ3v) is 9.07. The summed E-state index contributed by atoms with van der Waals surface area (Å²) in [5.41, 5.74) is 10.6. The molecule has 1 rings (SSSR count). The van der Waals surface area contributed by atoms with Gasteiger partial charge in [0.1, 0.15) is 48.3 Å². The fraction of sp³-hybridized carbons (Fsp3) is 0.686. The lowest BCUT2D eigenvalue weighted by Crippen LogP contribution is -2.61. The third kappa shape index (κ3) is 17.1. The van der Waals surface area contributed by atoms with Crippen molar-refractivity contribution in [3.63, 3.8) is 0 Å². The van der Waals surface area contributed by atoms with Crippen molar-refractivity contribution >= 4 is 65.2 Å². The Labute approximate surface area is 344 Å². The minimum Gasteiger partial charge on any atom is -0.481 e. The number of nitrogens with zero attached hydrogens (tertiary/aromatic N) is 1. The zero-order valence-electron chi connectivity index (χ0n) is 33.7. The molecule has 8 atom stereocenters. The van der Waals surface area contributed by atoms with E-state index in [9.17, 15) is 68.1 Å². The van der Waals surface area contributed by atoms with Crippen LogP contribution in [0.3, 0.4) is 0 Å². The molecule has 0 saturated carbocycles. The highest BCUT2D eigenvalue weighted by molar-refractivity contribution is 5.99. The smallest absolute Gasteiger partial charge is 0.326 e. The molecule has 15 N–H and O–H groups in total. The van der Waals surface area contributed by atoms with Gasteiger partial charge in [0.25, 0.3) is 0 Å². The molecule has 0 spiro atoms. The van der Waals surface area contributed by atoms with Gasteiger partial charge in [-0.15, -0.1) is 0 Å². The van der Waals surface area contributed by atoms with Crippen LogP contribution in [0.25, 0.3) is 0 Å². The summed E-state index contributed by atoms with van der Waals surface area (Å²) in [6.07, 6.45) is -2.58. The van der Waals surface area contributed by atoms with Crippen molar-refractivity contribution in [2.75, 3.05) is 19.8 Å². The molecular formula is C35H57N9O16. The lowest BCUT2D eigenvalue weighted by Gasteiger charge is -2.31. The van der Waals surface area contributed by atoms with E-state index in [0.717, 1.165) is 4.90 Å². The lowest BCUT2D eigenvalue weighted by atomic mass is 10.00. The van der Waals surface area contributed by atoms with Gasteiger partial charge in [0, 0.05) is 13.0 Å². The second-order valence-electron chi connectivity index (χ2n) is 14.9. The molecule has 0 aromatic carbocycles. The Kier molecular flexibility index (Phi) is 21.6. The molecule has 0 unspecified atom stereocenters. The number of primary amides is 1. The van der Waals surface area contributed by atoms with E-state index in [1.54, 1.807) is 13.8 Å². The maximum absolute atomic E-state index is 13.7. The summed E-state index contributed by atoms with van der Waals surface area (Å²) in [7, 11) is 0. The molecule has 0 radical (unpaired) electrons. The number of carbonyl (C=O) groups is 11. The van der Waals surface area contributed by atoms with Gasteiger partial charge in [0.15, 0.2) is 0 Å². The quantitative estimate of drug-likeness (QED) is 0.0385. The average Bonchev–Trinajstić information content (AvgIpc) is 3.65. The van der Waals surface area contributed by atoms with Crippen LogP contribution in [-0.4, -0.2) is 164 Å². The van der Waals surface area contributed by atoms with E-state index in [1.165, 1.54) is 13.8 Å². The molecule has 0 aromatic rings. The van der Waals surface area contributed by atoms with Crippen molar-refractivity contribution in [1.29, 1.82) is 0 Å². The monoisotopic (exact) mass is 859 g/mol. The summed E-state index contributed by atoms with van der Waals surface area (Å²) in [4.78, 5) is 140. The Morgan fingerprint density at radius 2 is 1.20 bits per heavy atom. The Morgan fingerprint density at radius 3 is 1.70 bits per heavy atom. The Balaban J connectivity index is 3.28. The van der Waals surface area contributed by atoms with Crippen LogP contribution in [0, 0.1) is 11.8 Å². The van der Waals surface area contributed by atoms with Crippen molar-refractivity contribution in [3.05, 3.63) is 0 Å². The summed E-state index contributed by atoms with van der Waals surface area (Å²) < 4.78 is 0. The fourth-order valence-corrected chi connectivity index (χ4v) is 5.94. The van der Waals surface area contributed by atoms with Gasteiger partial charge in [-0.3, -0.25) is 47.9 Å². The van der Waals surface area contributed by atoms with Gasteiger partial charge in [-0.1, -0.05) is 27.7 Å². The maximum atomic E-state index is 13.7. The second-order valence-corrected chi connectivity index (χ2v) is 14.9. The van der Waals surface area contributed by atoms with Crippen LogP contribution in [0.2, 0.25) is 0 Å². The number of carboxylic acid groups (broad SMARTS) is 3. The first-order valence-electron chi connectivity index (χ1n) is 19.0. The standard InChI is InChI=1S/C35H57N9O16/c1-15(2)10-19(30(54)38-18(7-8-25(48)49)29(53)43-27(16(3)4)33(57)41-21(35(59)60)12-26(50)51)40-32(56)23-6-5-9-44(23)34(58)22(14-46)42-31(55)20(11-24(37)47)39-28(52)17(36)13-45/h15-23,27,45-46H,5-14,36H2,1-4H3,(H2,37,47)(H,38,54)(H,39,52)(H,40,56)(H,41,57)(H,42,55)(H,43,53)(H,48,49)(H,50,51)(H,59,60)/t17-,18-,19-,20-,21-,22-,23-,27-/m0/s1. The molecule has 338 valence electrons. The average molecular weight is 860 g/mol. The zero-order valence-corrected chi connectivity index (χ0v) is 33.7. The van der Waals surface area contributed by atoms with Gasteiger partial charge in [-0.05, 0) is 37.5 Å². The Hall–Kier alpha value is -5.95. The molecule has 1 saturated heterocycles. The molecule has 8 amide bonds. The lowest BCUT2D eigenvalue weighted by molar-refractivity contribution is -0.147. The molecular weight excluding hydrogens is 802 g/mol. The molecule has 0 bridgehead atoms. The van der Waals surface area contributed by atoms with Gasteiger partial charge in [0.05, 0.1) is 26.1 Å². The highest BCUT2D eigenvalue weighted by Crippen LogP contribution is 2.20. The number of hydrogen-bond acceptors (Lipinski definition) is 14. The molecule has 1 heterocycles. The summed E-state index contributed by atoms with van der Waals surface area (Å²) in [6.45, 7) is 4.51. The van der Waals surface area contributed by atoms with Crippen LogP contribution in [0.4, 0.5) is 0 Å². The normalized spacial score (nSPS) is 17.1. The Bertz CT molecular complexity index is 1610. The van der Waals surface area contributed by atoms with Gasteiger partial charge in [-0.25, -0.2) is 4.79 Å². The number of aliphatic hydroxyl groups excluding tert-OH is 2. The van der Waals surface area contributed by atoms with Crippen LogP contribution in [0.5, 0.6) is 0 Å². The van der Waals surface area contributed by atoms with Crippen molar-refractivity contribution in [3.8, 4) is 0 Å².